The first-order chi connectivity index (χ1) is 8.61. The molecule has 0 spiro atoms. The van der Waals surface area contributed by atoms with Gasteiger partial charge in [-0.3, -0.25) is 9.59 Å². The first-order valence-corrected chi connectivity index (χ1v) is 7.05. The zero-order chi connectivity index (χ0) is 12.8. The molecule has 1 N–H and O–H groups in total. The van der Waals surface area contributed by atoms with Crippen LogP contribution < -0.4 is 0 Å². The van der Waals surface area contributed by atoms with E-state index in [2.05, 4.69) is 0 Å². The first-order valence-electron chi connectivity index (χ1n) is 7.05. The van der Waals surface area contributed by atoms with Crippen molar-refractivity contribution in [2.24, 2.45) is 17.8 Å². The Kier molecular flexibility index (Phi) is 2.83. The molecule has 4 bridgehead atoms. The number of nitrogens with zero attached hydrogens (tertiary/aromatic N) is 1. The predicted molar refractivity (Wildman–Crippen MR) is 65.9 cm³/mol. The SMILES string of the molecule is O=CN(CCC(=O)O)C12CC3CC(CC(C3)C1)C2. The van der Waals surface area contributed by atoms with E-state index in [-0.39, 0.29) is 12.0 Å². The lowest BCUT2D eigenvalue weighted by atomic mass is 9.52. The number of carboxylic acid groups (broad SMARTS) is 1. The van der Waals surface area contributed by atoms with Gasteiger partial charge < -0.3 is 10.0 Å². The molecule has 0 aliphatic heterocycles. The maximum Gasteiger partial charge on any atom is 0.305 e. The van der Waals surface area contributed by atoms with E-state index in [1.165, 1.54) is 19.3 Å². The van der Waals surface area contributed by atoms with E-state index < -0.39 is 5.97 Å². The zero-order valence-electron chi connectivity index (χ0n) is 10.7. The molecule has 0 aromatic rings. The summed E-state index contributed by atoms with van der Waals surface area (Å²) < 4.78 is 0. The molecular formula is C14H21NO3. The largest absolute Gasteiger partial charge is 0.481 e. The highest BCUT2D eigenvalue weighted by Gasteiger charge is 2.53. The van der Waals surface area contributed by atoms with Crippen molar-refractivity contribution in [3.8, 4) is 0 Å². The van der Waals surface area contributed by atoms with Crippen LogP contribution in [0.15, 0.2) is 0 Å². The van der Waals surface area contributed by atoms with Gasteiger partial charge in [-0.1, -0.05) is 0 Å². The normalized spacial score (nSPS) is 40.8. The first kappa shape index (κ1) is 12.0. The Balaban J connectivity index is 1.76. The molecule has 4 aliphatic carbocycles. The van der Waals surface area contributed by atoms with Crippen molar-refractivity contribution >= 4 is 12.4 Å². The molecular weight excluding hydrogens is 230 g/mol. The van der Waals surface area contributed by atoms with Crippen LogP contribution in [-0.4, -0.2) is 34.5 Å². The lowest BCUT2D eigenvalue weighted by molar-refractivity contribution is -0.143. The van der Waals surface area contributed by atoms with Crippen molar-refractivity contribution in [1.82, 2.24) is 4.90 Å². The molecule has 0 heterocycles. The maximum atomic E-state index is 11.4. The molecule has 4 rings (SSSR count). The standard InChI is InChI=1S/C14H21NO3/c16-9-15(2-1-13(17)18)14-6-10-3-11(7-14)5-12(4-10)8-14/h9-12H,1-8H2,(H,17,18). The summed E-state index contributed by atoms with van der Waals surface area (Å²) in [4.78, 5) is 23.9. The number of hydrogen-bond donors (Lipinski definition) is 1. The van der Waals surface area contributed by atoms with Crippen LogP contribution in [0, 0.1) is 17.8 Å². The smallest absolute Gasteiger partial charge is 0.305 e. The van der Waals surface area contributed by atoms with Crippen molar-refractivity contribution in [2.75, 3.05) is 6.54 Å². The van der Waals surface area contributed by atoms with Gasteiger partial charge in [0, 0.05) is 12.1 Å². The van der Waals surface area contributed by atoms with Crippen molar-refractivity contribution in [2.45, 2.75) is 50.5 Å². The van der Waals surface area contributed by atoms with Crippen molar-refractivity contribution in [1.29, 1.82) is 0 Å². The average Bonchev–Trinajstić information content (AvgIpc) is 2.26. The van der Waals surface area contributed by atoms with Crippen LogP contribution in [0.3, 0.4) is 0 Å². The molecule has 4 heteroatoms. The molecule has 1 amide bonds. The van der Waals surface area contributed by atoms with Crippen LogP contribution in [0.4, 0.5) is 0 Å². The molecule has 0 aromatic heterocycles. The van der Waals surface area contributed by atoms with Gasteiger partial charge in [-0.25, -0.2) is 0 Å². The molecule has 0 unspecified atom stereocenters. The molecule has 0 radical (unpaired) electrons. The summed E-state index contributed by atoms with van der Waals surface area (Å²) in [6.45, 7) is 0.380. The van der Waals surface area contributed by atoms with Crippen LogP contribution in [0.1, 0.15) is 44.9 Å². The molecule has 4 fully saturated rings. The lowest BCUT2D eigenvalue weighted by Crippen LogP contribution is -2.59. The molecule has 0 saturated heterocycles. The van der Waals surface area contributed by atoms with E-state index in [9.17, 15) is 9.59 Å². The molecule has 4 nitrogen and oxygen atoms in total. The number of aliphatic carboxylic acids is 1. The second-order valence-corrected chi connectivity index (χ2v) is 6.58. The third kappa shape index (κ3) is 1.91. The molecule has 0 aromatic carbocycles. The fourth-order valence-corrected chi connectivity index (χ4v) is 5.03. The highest BCUT2D eigenvalue weighted by molar-refractivity contribution is 5.67. The molecule has 4 saturated carbocycles. The van der Waals surface area contributed by atoms with E-state index in [0.717, 1.165) is 43.4 Å². The molecule has 4 aliphatic rings. The molecule has 100 valence electrons. The van der Waals surface area contributed by atoms with Gasteiger partial charge in [0.05, 0.1) is 6.42 Å². The van der Waals surface area contributed by atoms with Crippen molar-refractivity contribution in [3.63, 3.8) is 0 Å². The topological polar surface area (TPSA) is 57.6 Å². The van der Waals surface area contributed by atoms with E-state index in [4.69, 9.17) is 5.11 Å². The minimum absolute atomic E-state index is 0.00590. The van der Waals surface area contributed by atoms with E-state index in [0.29, 0.717) is 6.54 Å². The highest BCUT2D eigenvalue weighted by Crippen LogP contribution is 2.57. The lowest BCUT2D eigenvalue weighted by Gasteiger charge is -2.59. The maximum absolute atomic E-state index is 11.4. The Morgan fingerprint density at radius 2 is 1.67 bits per heavy atom. The van der Waals surface area contributed by atoms with Gasteiger partial charge in [0.1, 0.15) is 0 Å². The van der Waals surface area contributed by atoms with Gasteiger partial charge in [0.2, 0.25) is 6.41 Å². The summed E-state index contributed by atoms with van der Waals surface area (Å²) >= 11 is 0. The summed E-state index contributed by atoms with van der Waals surface area (Å²) in [6.07, 6.45) is 8.31. The summed E-state index contributed by atoms with van der Waals surface area (Å²) in [5.74, 6) is 1.53. The Bertz CT molecular complexity index is 331. The molecule has 18 heavy (non-hydrogen) atoms. The second kappa shape index (κ2) is 4.25. The van der Waals surface area contributed by atoms with Crippen molar-refractivity contribution in [3.05, 3.63) is 0 Å². The van der Waals surface area contributed by atoms with Crippen LogP contribution in [-0.2, 0) is 9.59 Å². The minimum Gasteiger partial charge on any atom is -0.481 e. The monoisotopic (exact) mass is 251 g/mol. The Morgan fingerprint density at radius 3 is 2.06 bits per heavy atom. The summed E-state index contributed by atoms with van der Waals surface area (Å²) in [7, 11) is 0. The number of carboxylic acids is 1. The van der Waals surface area contributed by atoms with Gasteiger partial charge in [-0.15, -0.1) is 0 Å². The third-order valence-electron chi connectivity index (χ3n) is 5.31. The Labute approximate surface area is 107 Å². The number of carbonyl (C=O) groups is 2. The fourth-order valence-electron chi connectivity index (χ4n) is 5.03. The van der Waals surface area contributed by atoms with Gasteiger partial charge in [0.25, 0.3) is 0 Å². The van der Waals surface area contributed by atoms with Crippen LogP contribution in [0.25, 0.3) is 0 Å². The number of carbonyl (C=O) groups excluding carboxylic acids is 1. The summed E-state index contributed by atoms with van der Waals surface area (Å²) in [5, 5.41) is 8.80. The fraction of sp³-hybridized carbons (Fsp3) is 0.857. The van der Waals surface area contributed by atoms with Gasteiger partial charge in [-0.05, 0) is 56.3 Å². The van der Waals surface area contributed by atoms with Gasteiger partial charge >= 0.3 is 5.97 Å². The van der Waals surface area contributed by atoms with Crippen LogP contribution in [0.5, 0.6) is 0 Å². The number of amides is 1. The number of hydrogen-bond acceptors (Lipinski definition) is 2. The minimum atomic E-state index is -0.813. The third-order valence-corrected chi connectivity index (χ3v) is 5.31. The second-order valence-electron chi connectivity index (χ2n) is 6.58. The van der Waals surface area contributed by atoms with Crippen molar-refractivity contribution < 1.29 is 14.7 Å². The van der Waals surface area contributed by atoms with Gasteiger partial charge in [0.15, 0.2) is 0 Å². The average molecular weight is 251 g/mol. The summed E-state index contributed by atoms with van der Waals surface area (Å²) in [6, 6.07) is 0. The highest BCUT2D eigenvalue weighted by atomic mass is 16.4. The zero-order valence-corrected chi connectivity index (χ0v) is 10.7. The Morgan fingerprint density at radius 1 is 1.17 bits per heavy atom. The Hall–Kier alpha value is -1.06. The predicted octanol–water partition coefficient (Wildman–Crippen LogP) is 1.89. The van der Waals surface area contributed by atoms with Crippen LogP contribution >= 0.6 is 0 Å². The van der Waals surface area contributed by atoms with Crippen LogP contribution in [0.2, 0.25) is 0 Å². The van der Waals surface area contributed by atoms with E-state index >= 15 is 0 Å². The van der Waals surface area contributed by atoms with E-state index in [1.54, 1.807) is 0 Å². The summed E-state index contributed by atoms with van der Waals surface area (Å²) in [5.41, 5.74) is 0.00590. The van der Waals surface area contributed by atoms with E-state index in [1.807, 2.05) is 4.90 Å². The quantitative estimate of drug-likeness (QED) is 0.759. The molecule has 0 atom stereocenters. The van der Waals surface area contributed by atoms with Gasteiger partial charge in [-0.2, -0.15) is 0 Å². The number of rotatable bonds is 5.